The highest BCUT2D eigenvalue weighted by atomic mass is 16.4. The summed E-state index contributed by atoms with van der Waals surface area (Å²) in [4.78, 5) is 27.3. The standard InChI is InChI=1S/C15H27N3O3/c1-12(5-2-7-14(19)20)16-15(21)18-10-4-9-17-8-3-6-13(17)11-18/h12-13H,2-11H2,1H3,(H,16,21)(H,19,20). The van der Waals surface area contributed by atoms with Gasteiger partial charge < -0.3 is 15.3 Å². The van der Waals surface area contributed by atoms with Crippen molar-refractivity contribution in [2.45, 2.75) is 57.5 Å². The number of nitrogens with one attached hydrogen (secondary N) is 1. The molecule has 2 fully saturated rings. The van der Waals surface area contributed by atoms with Crippen molar-refractivity contribution < 1.29 is 14.7 Å². The number of carboxylic acid groups (broad SMARTS) is 1. The summed E-state index contributed by atoms with van der Waals surface area (Å²) in [6.45, 7) is 5.86. The third-order valence-corrected chi connectivity index (χ3v) is 4.49. The van der Waals surface area contributed by atoms with Crippen LogP contribution in [0.25, 0.3) is 0 Å². The summed E-state index contributed by atoms with van der Waals surface area (Å²) < 4.78 is 0. The number of urea groups is 1. The molecule has 0 aromatic carbocycles. The molecule has 120 valence electrons. The molecule has 21 heavy (non-hydrogen) atoms. The number of nitrogens with zero attached hydrogens (tertiary/aromatic N) is 2. The van der Waals surface area contributed by atoms with E-state index < -0.39 is 5.97 Å². The third kappa shape index (κ3) is 4.88. The first-order chi connectivity index (χ1) is 10.1. The van der Waals surface area contributed by atoms with Crippen molar-refractivity contribution >= 4 is 12.0 Å². The van der Waals surface area contributed by atoms with E-state index in [1.54, 1.807) is 0 Å². The molecule has 0 saturated carbocycles. The third-order valence-electron chi connectivity index (χ3n) is 4.49. The first-order valence-corrected chi connectivity index (χ1v) is 8.07. The van der Waals surface area contributed by atoms with Gasteiger partial charge in [0.1, 0.15) is 0 Å². The summed E-state index contributed by atoms with van der Waals surface area (Å²) in [5, 5.41) is 11.6. The summed E-state index contributed by atoms with van der Waals surface area (Å²) >= 11 is 0. The van der Waals surface area contributed by atoms with E-state index in [4.69, 9.17) is 5.11 Å². The SMILES string of the molecule is CC(CCCC(=O)O)NC(=O)N1CCCN2CCCC2C1. The van der Waals surface area contributed by atoms with Gasteiger partial charge in [-0.2, -0.15) is 0 Å². The molecule has 6 nitrogen and oxygen atoms in total. The first-order valence-electron chi connectivity index (χ1n) is 8.07. The van der Waals surface area contributed by atoms with Crippen LogP contribution in [0, 0.1) is 0 Å². The molecule has 2 heterocycles. The Balaban J connectivity index is 1.75. The second-order valence-electron chi connectivity index (χ2n) is 6.27. The Morgan fingerprint density at radius 1 is 1.29 bits per heavy atom. The number of hydrogen-bond donors (Lipinski definition) is 2. The van der Waals surface area contributed by atoms with E-state index >= 15 is 0 Å². The highest BCUT2D eigenvalue weighted by molar-refractivity contribution is 5.74. The molecular weight excluding hydrogens is 270 g/mol. The number of fused-ring (bicyclic) bond motifs is 1. The van der Waals surface area contributed by atoms with E-state index in [1.807, 2.05) is 11.8 Å². The van der Waals surface area contributed by atoms with Crippen LogP contribution in [-0.2, 0) is 4.79 Å². The second-order valence-corrected chi connectivity index (χ2v) is 6.27. The van der Waals surface area contributed by atoms with Gasteiger partial charge in [-0.3, -0.25) is 9.69 Å². The van der Waals surface area contributed by atoms with Crippen LogP contribution in [-0.4, -0.2) is 65.2 Å². The molecule has 2 amide bonds. The fraction of sp³-hybridized carbons (Fsp3) is 0.867. The van der Waals surface area contributed by atoms with E-state index in [-0.39, 0.29) is 18.5 Å². The lowest BCUT2D eigenvalue weighted by Gasteiger charge is -2.27. The number of hydrogen-bond acceptors (Lipinski definition) is 3. The van der Waals surface area contributed by atoms with Crippen LogP contribution in [0.1, 0.15) is 45.4 Å². The molecule has 0 aromatic rings. The number of rotatable bonds is 5. The van der Waals surface area contributed by atoms with Gasteiger partial charge in [0, 0.05) is 38.1 Å². The minimum Gasteiger partial charge on any atom is -0.481 e. The molecule has 0 spiro atoms. The predicted octanol–water partition coefficient (Wildman–Crippen LogP) is 1.51. The monoisotopic (exact) mass is 297 g/mol. The zero-order chi connectivity index (χ0) is 15.2. The maximum Gasteiger partial charge on any atom is 0.317 e. The van der Waals surface area contributed by atoms with E-state index in [0.717, 1.165) is 26.1 Å². The number of aliphatic carboxylic acids is 1. The average molecular weight is 297 g/mol. The molecule has 2 unspecified atom stereocenters. The summed E-state index contributed by atoms with van der Waals surface area (Å²) in [6, 6.07) is 0.562. The van der Waals surface area contributed by atoms with E-state index in [2.05, 4.69) is 10.2 Å². The topological polar surface area (TPSA) is 72.9 Å². The molecule has 2 rings (SSSR count). The van der Waals surface area contributed by atoms with Crippen molar-refractivity contribution in [2.24, 2.45) is 0 Å². The summed E-state index contributed by atoms with van der Waals surface area (Å²) in [7, 11) is 0. The van der Waals surface area contributed by atoms with Gasteiger partial charge in [-0.15, -0.1) is 0 Å². The van der Waals surface area contributed by atoms with Crippen molar-refractivity contribution in [3.63, 3.8) is 0 Å². The second kappa shape index (κ2) is 7.64. The summed E-state index contributed by atoms with van der Waals surface area (Å²) in [5.41, 5.74) is 0. The van der Waals surface area contributed by atoms with Gasteiger partial charge in [0.05, 0.1) is 0 Å². The Labute approximate surface area is 126 Å². The van der Waals surface area contributed by atoms with Crippen LogP contribution in [0.2, 0.25) is 0 Å². The highest BCUT2D eigenvalue weighted by Gasteiger charge is 2.30. The number of carbonyl (C=O) groups is 2. The Morgan fingerprint density at radius 3 is 2.81 bits per heavy atom. The molecule has 0 bridgehead atoms. The Bertz CT molecular complexity index is 375. The lowest BCUT2D eigenvalue weighted by atomic mass is 10.1. The van der Waals surface area contributed by atoms with Gasteiger partial charge in [0.2, 0.25) is 0 Å². The maximum absolute atomic E-state index is 12.3. The minimum absolute atomic E-state index is 0.00609. The molecule has 2 aliphatic heterocycles. The summed E-state index contributed by atoms with van der Waals surface area (Å²) in [6.07, 6.45) is 4.95. The first kappa shape index (κ1) is 16.1. The molecule has 6 heteroatoms. The Hall–Kier alpha value is -1.30. The van der Waals surface area contributed by atoms with Crippen LogP contribution < -0.4 is 5.32 Å². The largest absolute Gasteiger partial charge is 0.481 e. The quantitative estimate of drug-likeness (QED) is 0.807. The Morgan fingerprint density at radius 2 is 2.05 bits per heavy atom. The van der Waals surface area contributed by atoms with Crippen molar-refractivity contribution in [1.82, 2.24) is 15.1 Å². The van der Waals surface area contributed by atoms with Crippen LogP contribution in [0.4, 0.5) is 4.79 Å². The lowest BCUT2D eigenvalue weighted by molar-refractivity contribution is -0.137. The fourth-order valence-electron chi connectivity index (χ4n) is 3.32. The molecule has 0 radical (unpaired) electrons. The molecule has 0 aliphatic carbocycles. The molecule has 2 N–H and O–H groups in total. The van der Waals surface area contributed by atoms with Gasteiger partial charge in [-0.05, 0) is 45.6 Å². The van der Waals surface area contributed by atoms with Crippen LogP contribution in [0.3, 0.4) is 0 Å². The van der Waals surface area contributed by atoms with Gasteiger partial charge >= 0.3 is 12.0 Å². The van der Waals surface area contributed by atoms with Crippen molar-refractivity contribution in [2.75, 3.05) is 26.2 Å². The Kier molecular flexibility index (Phi) is 5.85. The summed E-state index contributed by atoms with van der Waals surface area (Å²) in [5.74, 6) is -0.776. The fourth-order valence-corrected chi connectivity index (χ4v) is 3.32. The van der Waals surface area contributed by atoms with Gasteiger partial charge in [0.25, 0.3) is 0 Å². The van der Waals surface area contributed by atoms with Crippen molar-refractivity contribution in [3.05, 3.63) is 0 Å². The van der Waals surface area contributed by atoms with Crippen LogP contribution in [0.15, 0.2) is 0 Å². The predicted molar refractivity (Wildman–Crippen MR) is 80.3 cm³/mol. The number of carbonyl (C=O) groups excluding carboxylic acids is 1. The highest BCUT2D eigenvalue weighted by Crippen LogP contribution is 2.21. The van der Waals surface area contributed by atoms with E-state index in [0.29, 0.717) is 18.9 Å². The van der Waals surface area contributed by atoms with Gasteiger partial charge in [-0.1, -0.05) is 0 Å². The van der Waals surface area contributed by atoms with E-state index in [1.165, 1.54) is 19.4 Å². The molecule has 2 aliphatic rings. The molecule has 0 aromatic heterocycles. The van der Waals surface area contributed by atoms with Crippen molar-refractivity contribution in [1.29, 1.82) is 0 Å². The van der Waals surface area contributed by atoms with Crippen LogP contribution >= 0.6 is 0 Å². The smallest absolute Gasteiger partial charge is 0.317 e. The number of amides is 2. The van der Waals surface area contributed by atoms with Crippen LogP contribution in [0.5, 0.6) is 0 Å². The van der Waals surface area contributed by atoms with Gasteiger partial charge in [-0.25, -0.2) is 4.79 Å². The molecule has 2 saturated heterocycles. The van der Waals surface area contributed by atoms with Crippen molar-refractivity contribution in [3.8, 4) is 0 Å². The number of carboxylic acids is 1. The van der Waals surface area contributed by atoms with Gasteiger partial charge in [0.15, 0.2) is 0 Å². The van der Waals surface area contributed by atoms with E-state index in [9.17, 15) is 9.59 Å². The average Bonchev–Trinajstić information content (AvgIpc) is 2.75. The molecular formula is C15H27N3O3. The lowest BCUT2D eigenvalue weighted by Crippen LogP contribution is -2.47. The minimum atomic E-state index is -0.776. The molecule has 2 atom stereocenters. The maximum atomic E-state index is 12.3. The normalized spacial score (nSPS) is 24.2. The zero-order valence-corrected chi connectivity index (χ0v) is 12.9. The zero-order valence-electron chi connectivity index (χ0n) is 12.9.